The number of amidine groups is 1. The van der Waals surface area contributed by atoms with Crippen LogP contribution in [0.5, 0.6) is 0 Å². The van der Waals surface area contributed by atoms with Crippen LogP contribution in [0.2, 0.25) is 5.02 Å². The number of carbonyl (C=O) groups excluding carboxylic acids is 1. The van der Waals surface area contributed by atoms with Crippen molar-refractivity contribution in [1.29, 1.82) is 5.41 Å². The van der Waals surface area contributed by atoms with Crippen LogP contribution in [0.25, 0.3) is 0 Å². The zero-order chi connectivity index (χ0) is 16.6. The molecule has 0 atom stereocenters. The van der Waals surface area contributed by atoms with E-state index in [-0.39, 0.29) is 17.3 Å². The number of anilines is 3. The molecular formula is C16H15ClN4OS. The number of carbonyl (C=O) groups is 1. The summed E-state index contributed by atoms with van der Waals surface area (Å²) in [6.45, 7) is 0. The number of fused-ring (bicyclic) bond motifs is 1. The fourth-order valence-electron chi connectivity index (χ4n) is 2.48. The van der Waals surface area contributed by atoms with E-state index in [1.165, 1.54) is 11.3 Å². The van der Waals surface area contributed by atoms with Gasteiger partial charge in [-0.3, -0.25) is 15.1 Å². The van der Waals surface area contributed by atoms with Gasteiger partial charge in [0, 0.05) is 25.3 Å². The second-order valence-electron chi connectivity index (χ2n) is 4.98. The summed E-state index contributed by atoms with van der Waals surface area (Å²) in [6, 6.07) is 9.09. The van der Waals surface area contributed by atoms with E-state index in [2.05, 4.69) is 5.32 Å². The van der Waals surface area contributed by atoms with Gasteiger partial charge in [0.25, 0.3) is 5.91 Å². The van der Waals surface area contributed by atoms with E-state index in [0.717, 1.165) is 10.7 Å². The van der Waals surface area contributed by atoms with Gasteiger partial charge in [0.15, 0.2) is 0 Å². The van der Waals surface area contributed by atoms with Gasteiger partial charge in [-0.05, 0) is 35.7 Å². The third-order valence-corrected chi connectivity index (χ3v) is 4.67. The summed E-state index contributed by atoms with van der Waals surface area (Å²) in [7, 11) is 3.47. The van der Waals surface area contributed by atoms with Crippen LogP contribution in [0.3, 0.4) is 0 Å². The molecule has 0 fully saturated rings. The van der Waals surface area contributed by atoms with Gasteiger partial charge < -0.3 is 10.2 Å². The zero-order valence-corrected chi connectivity index (χ0v) is 14.2. The Morgan fingerprint density at radius 3 is 2.74 bits per heavy atom. The van der Waals surface area contributed by atoms with Crippen LogP contribution in [0.15, 0.2) is 47.5 Å². The number of hydrogen-bond acceptors (Lipinski definition) is 4. The molecule has 1 aliphatic heterocycles. The number of amides is 1. The minimum Gasteiger partial charge on any atom is -0.393 e. The lowest BCUT2D eigenvalue weighted by atomic mass is 10.2. The van der Waals surface area contributed by atoms with Gasteiger partial charge in [0.1, 0.15) is 10.8 Å². The number of nitrogens with zero attached hydrogens (tertiary/aromatic N) is 2. The van der Waals surface area contributed by atoms with Crippen molar-refractivity contribution in [3.63, 3.8) is 0 Å². The number of thiophene rings is 1. The van der Waals surface area contributed by atoms with Gasteiger partial charge in [-0.1, -0.05) is 11.6 Å². The van der Waals surface area contributed by atoms with Gasteiger partial charge in [-0.15, -0.1) is 11.3 Å². The summed E-state index contributed by atoms with van der Waals surface area (Å²) in [5.41, 5.74) is 1.70. The first-order chi connectivity index (χ1) is 11.0. The van der Waals surface area contributed by atoms with Crippen molar-refractivity contribution >= 4 is 51.1 Å². The first-order valence-corrected chi connectivity index (χ1v) is 8.18. The maximum Gasteiger partial charge on any atom is 0.268 e. The lowest BCUT2D eigenvalue weighted by Crippen LogP contribution is -2.32. The summed E-state index contributed by atoms with van der Waals surface area (Å²) in [4.78, 5) is 16.4. The average molecular weight is 347 g/mol. The fourth-order valence-corrected chi connectivity index (χ4v) is 3.39. The highest BCUT2D eigenvalue weighted by molar-refractivity contribution is 7.14. The summed E-state index contributed by atoms with van der Waals surface area (Å²) in [5.74, 6) is -0.133. The number of rotatable bonds is 2. The van der Waals surface area contributed by atoms with Gasteiger partial charge in [-0.25, -0.2) is 0 Å². The molecule has 2 heterocycles. The quantitative estimate of drug-likeness (QED) is 0.817. The Morgan fingerprint density at radius 2 is 2.09 bits per heavy atom. The molecule has 1 aromatic heterocycles. The van der Waals surface area contributed by atoms with Crippen molar-refractivity contribution in [3.05, 3.63) is 52.5 Å². The Labute approximate surface area is 143 Å². The van der Waals surface area contributed by atoms with Crippen LogP contribution < -0.4 is 15.1 Å². The molecule has 1 aliphatic rings. The fraction of sp³-hybridized carbons (Fsp3) is 0.125. The van der Waals surface area contributed by atoms with E-state index in [0.29, 0.717) is 10.7 Å². The van der Waals surface area contributed by atoms with E-state index < -0.39 is 0 Å². The molecule has 0 saturated carbocycles. The van der Waals surface area contributed by atoms with E-state index >= 15 is 0 Å². The van der Waals surface area contributed by atoms with Gasteiger partial charge >= 0.3 is 0 Å². The molecule has 0 bridgehead atoms. The van der Waals surface area contributed by atoms with E-state index in [1.807, 2.05) is 23.6 Å². The third kappa shape index (κ3) is 2.60. The molecule has 0 unspecified atom stereocenters. The van der Waals surface area contributed by atoms with Crippen LogP contribution in [-0.2, 0) is 4.79 Å². The monoisotopic (exact) mass is 346 g/mol. The number of benzene rings is 1. The van der Waals surface area contributed by atoms with Crippen molar-refractivity contribution < 1.29 is 4.79 Å². The lowest BCUT2D eigenvalue weighted by Gasteiger charge is -2.22. The van der Waals surface area contributed by atoms with Crippen LogP contribution >= 0.6 is 22.9 Å². The van der Waals surface area contributed by atoms with Crippen LogP contribution in [-0.4, -0.2) is 25.8 Å². The molecule has 118 valence electrons. The largest absolute Gasteiger partial charge is 0.393 e. The Bertz CT molecular complexity index is 800. The van der Waals surface area contributed by atoms with Crippen LogP contribution in [0, 0.1) is 5.41 Å². The normalized spacial score (nSPS) is 16.6. The molecule has 0 spiro atoms. The average Bonchev–Trinajstić information content (AvgIpc) is 3.03. The number of nitrogens with one attached hydrogen (secondary N) is 2. The smallest absolute Gasteiger partial charge is 0.268 e. The Kier molecular flexibility index (Phi) is 4.11. The maximum absolute atomic E-state index is 13.1. The van der Waals surface area contributed by atoms with E-state index in [9.17, 15) is 4.79 Å². The Balaban J connectivity index is 2.29. The second-order valence-corrected chi connectivity index (χ2v) is 6.34. The minimum atomic E-state index is -0.264. The third-order valence-electron chi connectivity index (χ3n) is 3.58. The van der Waals surface area contributed by atoms with Gasteiger partial charge in [0.2, 0.25) is 0 Å². The van der Waals surface area contributed by atoms with E-state index in [1.54, 1.807) is 42.2 Å². The highest BCUT2D eigenvalue weighted by Crippen LogP contribution is 2.41. The maximum atomic E-state index is 13.1. The standard InChI is InChI=1S/C16H15ClN4OS/c1-19-9-11-15(18)20(2)12-6-5-10(17)8-13(12)21(16(11)22)14-4-3-7-23-14/h3-9,18-19H,1-2H3/b11-9+,18-15?. The molecule has 0 saturated heterocycles. The molecule has 0 radical (unpaired) electrons. The van der Waals surface area contributed by atoms with Crippen molar-refractivity contribution in [3.8, 4) is 0 Å². The minimum absolute atomic E-state index is 0.131. The molecule has 2 N–H and O–H groups in total. The molecule has 0 aliphatic carbocycles. The Hall–Kier alpha value is -2.31. The molecule has 1 amide bonds. The first-order valence-electron chi connectivity index (χ1n) is 6.92. The highest BCUT2D eigenvalue weighted by Gasteiger charge is 2.33. The molecule has 5 nitrogen and oxygen atoms in total. The summed E-state index contributed by atoms with van der Waals surface area (Å²) < 4.78 is 0. The molecule has 1 aromatic carbocycles. The summed E-state index contributed by atoms with van der Waals surface area (Å²) in [6.07, 6.45) is 1.55. The highest BCUT2D eigenvalue weighted by atomic mass is 35.5. The predicted molar refractivity (Wildman–Crippen MR) is 96.2 cm³/mol. The molecule has 7 heteroatoms. The summed E-state index contributed by atoms with van der Waals surface area (Å²) in [5, 5.41) is 14.4. The van der Waals surface area contributed by atoms with Crippen molar-refractivity contribution in [2.75, 3.05) is 23.9 Å². The molecule has 3 rings (SSSR count). The predicted octanol–water partition coefficient (Wildman–Crippen LogP) is 3.60. The van der Waals surface area contributed by atoms with Crippen LogP contribution in [0.4, 0.5) is 16.4 Å². The number of hydrogen-bond donors (Lipinski definition) is 2. The molecular weight excluding hydrogens is 332 g/mol. The molecule has 2 aromatic rings. The zero-order valence-electron chi connectivity index (χ0n) is 12.6. The second kappa shape index (κ2) is 6.06. The topological polar surface area (TPSA) is 59.4 Å². The van der Waals surface area contributed by atoms with Crippen molar-refractivity contribution in [1.82, 2.24) is 5.32 Å². The summed E-state index contributed by atoms with van der Waals surface area (Å²) >= 11 is 7.61. The van der Waals surface area contributed by atoms with Gasteiger partial charge in [-0.2, -0.15) is 0 Å². The Morgan fingerprint density at radius 1 is 1.30 bits per heavy atom. The van der Waals surface area contributed by atoms with Crippen molar-refractivity contribution in [2.24, 2.45) is 0 Å². The number of likely N-dealkylation sites (N-methyl/N-ethyl adjacent to an activating group) is 1. The lowest BCUT2D eigenvalue weighted by molar-refractivity contribution is -0.114. The van der Waals surface area contributed by atoms with E-state index in [4.69, 9.17) is 17.0 Å². The van der Waals surface area contributed by atoms with Gasteiger partial charge in [0.05, 0.1) is 16.9 Å². The molecule has 23 heavy (non-hydrogen) atoms. The number of halogens is 1. The van der Waals surface area contributed by atoms with Crippen molar-refractivity contribution in [2.45, 2.75) is 0 Å². The SMILES string of the molecule is CN/C=C1\C(=N)N(C)c2ccc(Cl)cc2N(c2cccs2)C1=O. The van der Waals surface area contributed by atoms with Crippen LogP contribution in [0.1, 0.15) is 0 Å². The first kappa shape index (κ1) is 15.6.